The highest BCUT2D eigenvalue weighted by Crippen LogP contribution is 2.33. The number of nitrogens with one attached hydrogen (secondary N) is 1. The number of hydrogen-bond acceptors (Lipinski definition) is 4. The number of fused-ring (bicyclic) bond motifs is 3. The molecule has 0 saturated carbocycles. The maximum atomic E-state index is 12.0. The summed E-state index contributed by atoms with van der Waals surface area (Å²) in [5.41, 5.74) is 3.17. The predicted octanol–water partition coefficient (Wildman–Crippen LogP) is 3.44. The summed E-state index contributed by atoms with van der Waals surface area (Å²) in [6, 6.07) is 11.6. The zero-order valence-corrected chi connectivity index (χ0v) is 14.7. The molecule has 1 aliphatic carbocycles. The van der Waals surface area contributed by atoms with Gasteiger partial charge in [-0.2, -0.15) is 0 Å². The quantitative estimate of drug-likeness (QED) is 0.740. The first-order valence-electron chi connectivity index (χ1n) is 9.13. The lowest BCUT2D eigenvalue weighted by Gasteiger charge is -2.09. The third kappa shape index (κ3) is 3.72. The summed E-state index contributed by atoms with van der Waals surface area (Å²) in [6.07, 6.45) is 6.92. The van der Waals surface area contributed by atoms with Crippen molar-refractivity contribution in [3.8, 4) is 5.75 Å². The minimum atomic E-state index is -0.129. The predicted molar refractivity (Wildman–Crippen MR) is 99.3 cm³/mol. The summed E-state index contributed by atoms with van der Waals surface area (Å²) >= 11 is 0. The molecule has 1 amide bonds. The van der Waals surface area contributed by atoms with E-state index in [2.05, 4.69) is 10.3 Å². The van der Waals surface area contributed by atoms with Gasteiger partial charge in [-0.3, -0.25) is 9.78 Å². The Morgan fingerprint density at radius 2 is 2.12 bits per heavy atom. The van der Waals surface area contributed by atoms with Crippen LogP contribution in [0.4, 0.5) is 0 Å². The van der Waals surface area contributed by atoms with Crippen LogP contribution in [-0.4, -0.2) is 24.0 Å². The second-order valence-corrected chi connectivity index (χ2v) is 6.58. The molecule has 0 unspecified atom stereocenters. The topological polar surface area (TPSA) is 64.4 Å². The van der Waals surface area contributed by atoms with Gasteiger partial charge < -0.3 is 14.5 Å². The maximum absolute atomic E-state index is 12.0. The standard InChI is InChI=1S/C21H22N2O3/c24-21(23-12-10-15-5-3-4-11-22-15)14-25-16-8-9-20-18(13-16)17-6-1-2-7-19(17)26-20/h3-5,8-9,11,13H,1-2,6-7,10,12,14H2,(H,23,24). The summed E-state index contributed by atoms with van der Waals surface area (Å²) in [5.74, 6) is 1.68. The molecule has 2 heterocycles. The van der Waals surface area contributed by atoms with Gasteiger partial charge >= 0.3 is 0 Å². The Hall–Kier alpha value is -2.82. The monoisotopic (exact) mass is 350 g/mol. The second-order valence-electron chi connectivity index (χ2n) is 6.58. The number of carbonyl (C=O) groups is 1. The summed E-state index contributed by atoms with van der Waals surface area (Å²) in [7, 11) is 0. The summed E-state index contributed by atoms with van der Waals surface area (Å²) in [5, 5.41) is 3.98. The number of hydrogen-bond donors (Lipinski definition) is 1. The smallest absolute Gasteiger partial charge is 0.257 e. The SMILES string of the molecule is O=C(COc1ccc2oc3c(c2c1)CCCC3)NCCc1ccccn1. The molecule has 1 aromatic carbocycles. The molecule has 5 nitrogen and oxygen atoms in total. The fourth-order valence-corrected chi connectivity index (χ4v) is 3.41. The van der Waals surface area contributed by atoms with Gasteiger partial charge in [0.1, 0.15) is 17.1 Å². The van der Waals surface area contributed by atoms with Gasteiger partial charge in [0.05, 0.1) is 0 Å². The van der Waals surface area contributed by atoms with Gasteiger partial charge in [0.2, 0.25) is 0 Å². The number of pyridine rings is 1. The average molecular weight is 350 g/mol. The van der Waals surface area contributed by atoms with Crippen LogP contribution in [0.1, 0.15) is 29.9 Å². The van der Waals surface area contributed by atoms with Gasteiger partial charge in [-0.05, 0) is 49.6 Å². The molecule has 0 spiro atoms. The molecule has 5 heteroatoms. The molecular formula is C21H22N2O3. The first kappa shape index (κ1) is 16.6. The van der Waals surface area contributed by atoms with Crippen LogP contribution < -0.4 is 10.1 Å². The van der Waals surface area contributed by atoms with E-state index in [1.807, 2.05) is 36.4 Å². The van der Waals surface area contributed by atoms with Gasteiger partial charge in [-0.1, -0.05) is 6.07 Å². The highest BCUT2D eigenvalue weighted by molar-refractivity contribution is 5.84. The molecule has 3 aromatic rings. The summed E-state index contributed by atoms with van der Waals surface area (Å²) in [4.78, 5) is 16.2. The number of nitrogens with zero attached hydrogens (tertiary/aromatic N) is 1. The first-order valence-corrected chi connectivity index (χ1v) is 9.13. The van der Waals surface area contributed by atoms with Crippen molar-refractivity contribution in [3.05, 3.63) is 59.6 Å². The van der Waals surface area contributed by atoms with Crippen LogP contribution in [0.25, 0.3) is 11.0 Å². The third-order valence-electron chi connectivity index (χ3n) is 4.73. The van der Waals surface area contributed by atoms with Crippen molar-refractivity contribution in [2.75, 3.05) is 13.2 Å². The van der Waals surface area contributed by atoms with Crippen molar-refractivity contribution in [1.29, 1.82) is 0 Å². The van der Waals surface area contributed by atoms with Crippen LogP contribution in [0.3, 0.4) is 0 Å². The summed E-state index contributed by atoms with van der Waals surface area (Å²) in [6.45, 7) is 0.557. The van der Waals surface area contributed by atoms with Crippen molar-refractivity contribution in [1.82, 2.24) is 10.3 Å². The molecule has 26 heavy (non-hydrogen) atoms. The Morgan fingerprint density at radius 3 is 3.00 bits per heavy atom. The van der Waals surface area contributed by atoms with E-state index < -0.39 is 0 Å². The highest BCUT2D eigenvalue weighted by atomic mass is 16.5. The van der Waals surface area contributed by atoms with Crippen molar-refractivity contribution in [3.63, 3.8) is 0 Å². The number of aryl methyl sites for hydroxylation is 2. The maximum Gasteiger partial charge on any atom is 0.257 e. The largest absolute Gasteiger partial charge is 0.484 e. The van der Waals surface area contributed by atoms with E-state index in [-0.39, 0.29) is 12.5 Å². The molecular weight excluding hydrogens is 328 g/mol. The molecule has 4 rings (SSSR count). The molecule has 1 N–H and O–H groups in total. The minimum Gasteiger partial charge on any atom is -0.484 e. The Labute approximate surface area is 152 Å². The summed E-state index contributed by atoms with van der Waals surface area (Å²) < 4.78 is 11.6. The normalized spacial score (nSPS) is 13.4. The molecule has 0 fully saturated rings. The second kappa shape index (κ2) is 7.60. The molecule has 0 radical (unpaired) electrons. The van der Waals surface area contributed by atoms with Crippen molar-refractivity contribution in [2.45, 2.75) is 32.1 Å². The van der Waals surface area contributed by atoms with Crippen molar-refractivity contribution < 1.29 is 13.9 Å². The molecule has 134 valence electrons. The number of ether oxygens (including phenoxy) is 1. The molecule has 0 bridgehead atoms. The van der Waals surface area contributed by atoms with Gasteiger partial charge in [0.25, 0.3) is 5.91 Å². The third-order valence-corrected chi connectivity index (χ3v) is 4.73. The highest BCUT2D eigenvalue weighted by Gasteiger charge is 2.18. The molecule has 1 aliphatic rings. The van der Waals surface area contributed by atoms with E-state index in [9.17, 15) is 4.79 Å². The van der Waals surface area contributed by atoms with Gasteiger partial charge in [-0.15, -0.1) is 0 Å². The minimum absolute atomic E-state index is 0.00771. The Bertz CT molecular complexity index is 902. The van der Waals surface area contributed by atoms with E-state index in [0.717, 1.165) is 35.3 Å². The Kier molecular flexibility index (Phi) is 4.86. The average Bonchev–Trinajstić information content (AvgIpc) is 3.05. The number of rotatable bonds is 6. The van der Waals surface area contributed by atoms with Crippen LogP contribution >= 0.6 is 0 Å². The van der Waals surface area contributed by atoms with E-state index in [1.54, 1.807) is 6.20 Å². The lowest BCUT2D eigenvalue weighted by Crippen LogP contribution is -2.30. The lowest BCUT2D eigenvalue weighted by molar-refractivity contribution is -0.123. The Morgan fingerprint density at radius 1 is 1.19 bits per heavy atom. The van der Waals surface area contributed by atoms with Crippen LogP contribution in [0.15, 0.2) is 47.0 Å². The van der Waals surface area contributed by atoms with Crippen LogP contribution in [0.2, 0.25) is 0 Å². The molecule has 0 saturated heterocycles. The number of benzene rings is 1. The van der Waals surface area contributed by atoms with Crippen LogP contribution in [0, 0.1) is 0 Å². The number of amides is 1. The van der Waals surface area contributed by atoms with Crippen molar-refractivity contribution >= 4 is 16.9 Å². The fraction of sp³-hybridized carbons (Fsp3) is 0.333. The van der Waals surface area contributed by atoms with Gasteiger partial charge in [0, 0.05) is 42.2 Å². The van der Waals surface area contributed by atoms with Gasteiger partial charge in [-0.25, -0.2) is 0 Å². The molecule has 0 aliphatic heterocycles. The van der Waals surface area contributed by atoms with E-state index >= 15 is 0 Å². The fourth-order valence-electron chi connectivity index (χ4n) is 3.41. The van der Waals surface area contributed by atoms with E-state index in [1.165, 1.54) is 18.4 Å². The lowest BCUT2D eigenvalue weighted by atomic mass is 9.96. The van der Waals surface area contributed by atoms with Crippen LogP contribution in [0.5, 0.6) is 5.75 Å². The van der Waals surface area contributed by atoms with E-state index in [4.69, 9.17) is 9.15 Å². The zero-order chi connectivity index (χ0) is 17.8. The Balaban J connectivity index is 1.32. The number of carbonyl (C=O) groups excluding carboxylic acids is 1. The van der Waals surface area contributed by atoms with Gasteiger partial charge in [0.15, 0.2) is 6.61 Å². The first-order chi connectivity index (χ1) is 12.8. The van der Waals surface area contributed by atoms with E-state index in [0.29, 0.717) is 18.7 Å². The van der Waals surface area contributed by atoms with Crippen molar-refractivity contribution in [2.24, 2.45) is 0 Å². The zero-order valence-electron chi connectivity index (χ0n) is 14.7. The van der Waals surface area contributed by atoms with Crippen LogP contribution in [-0.2, 0) is 24.1 Å². The number of furan rings is 1. The number of aromatic nitrogens is 1. The molecule has 0 atom stereocenters. The molecule has 2 aromatic heterocycles.